The van der Waals surface area contributed by atoms with Gasteiger partial charge in [0.1, 0.15) is 0 Å². The topological polar surface area (TPSA) is 52.6 Å². The largest absolute Gasteiger partial charge is 0.395 e. The fourth-order valence-corrected chi connectivity index (χ4v) is 0.834. The number of aliphatic hydroxyl groups excluding tert-OH is 1. The van der Waals surface area contributed by atoms with Gasteiger partial charge in [-0.25, -0.2) is 0 Å². The molecule has 65 valence electrons. The lowest BCUT2D eigenvalue weighted by molar-refractivity contribution is 0.204. The maximum Gasteiger partial charge on any atom is 0.309 e. The molecule has 0 saturated carbocycles. The molecule has 0 aliphatic rings. The van der Waals surface area contributed by atoms with Gasteiger partial charge in [-0.05, 0) is 6.54 Å². The summed E-state index contributed by atoms with van der Waals surface area (Å²) in [6.45, 7) is 5.10. The van der Waals surface area contributed by atoms with Crippen molar-refractivity contribution in [3.8, 4) is 0 Å². The summed E-state index contributed by atoms with van der Waals surface area (Å²) in [6, 6.07) is 0. The number of nitrogens with zero attached hydrogens (tertiary/aromatic N) is 1. The highest BCUT2D eigenvalue weighted by Crippen LogP contribution is 1.83. The van der Waals surface area contributed by atoms with Crippen LogP contribution in [0.4, 0.5) is 0 Å². The van der Waals surface area contributed by atoms with E-state index in [1.54, 1.807) is 6.41 Å². The first kappa shape index (κ1) is 10.4. The second-order valence-electron chi connectivity index (χ2n) is 2.19. The summed E-state index contributed by atoms with van der Waals surface area (Å²) in [5, 5.41) is 11.0. The molecular formula is C7H15N2O2. The van der Waals surface area contributed by atoms with E-state index in [-0.39, 0.29) is 6.61 Å². The van der Waals surface area contributed by atoms with Gasteiger partial charge in [0.05, 0.1) is 6.61 Å². The van der Waals surface area contributed by atoms with Gasteiger partial charge in [-0.15, -0.1) is 0 Å². The zero-order valence-corrected chi connectivity index (χ0v) is 6.84. The van der Waals surface area contributed by atoms with Crippen LogP contribution in [-0.2, 0) is 4.79 Å². The minimum absolute atomic E-state index is 0.165. The van der Waals surface area contributed by atoms with Crippen LogP contribution in [0, 0.1) is 0 Å². The fraction of sp³-hybridized carbons (Fsp3) is 0.857. The van der Waals surface area contributed by atoms with Gasteiger partial charge in [0.25, 0.3) is 0 Å². The van der Waals surface area contributed by atoms with Crippen LogP contribution in [0.1, 0.15) is 6.92 Å². The van der Waals surface area contributed by atoms with Crippen molar-refractivity contribution in [3.63, 3.8) is 0 Å². The third-order valence-corrected chi connectivity index (χ3v) is 1.49. The van der Waals surface area contributed by atoms with Crippen molar-refractivity contribution in [3.05, 3.63) is 0 Å². The highest BCUT2D eigenvalue weighted by Gasteiger charge is 1.98. The zero-order chi connectivity index (χ0) is 8.53. The molecule has 0 aliphatic heterocycles. The van der Waals surface area contributed by atoms with Gasteiger partial charge in [-0.3, -0.25) is 9.69 Å². The van der Waals surface area contributed by atoms with Crippen LogP contribution in [0.15, 0.2) is 0 Å². The van der Waals surface area contributed by atoms with Crippen LogP contribution >= 0.6 is 0 Å². The van der Waals surface area contributed by atoms with Crippen molar-refractivity contribution in [2.24, 2.45) is 0 Å². The van der Waals surface area contributed by atoms with E-state index in [9.17, 15) is 4.79 Å². The number of nitrogens with one attached hydrogen (secondary N) is 1. The van der Waals surface area contributed by atoms with E-state index in [1.165, 1.54) is 0 Å². The van der Waals surface area contributed by atoms with Gasteiger partial charge in [-0.2, -0.15) is 0 Å². The van der Waals surface area contributed by atoms with Crippen LogP contribution in [0.5, 0.6) is 0 Å². The summed E-state index contributed by atoms with van der Waals surface area (Å²) in [6.07, 6.45) is 1.60. The maximum absolute atomic E-state index is 9.73. The SMILES string of the molecule is CCN(CCO)CCN[C]=O. The Morgan fingerprint density at radius 2 is 2.27 bits per heavy atom. The summed E-state index contributed by atoms with van der Waals surface area (Å²) < 4.78 is 0. The molecule has 0 aromatic rings. The number of amides is 1. The number of hydrogen-bond acceptors (Lipinski definition) is 3. The van der Waals surface area contributed by atoms with Crippen LogP contribution in [0.3, 0.4) is 0 Å². The molecule has 0 aromatic heterocycles. The Hall–Kier alpha value is -0.610. The molecule has 0 atom stereocenters. The summed E-state index contributed by atoms with van der Waals surface area (Å²) in [5.41, 5.74) is 0. The predicted octanol–water partition coefficient (Wildman–Crippen LogP) is -1.04. The first-order valence-corrected chi connectivity index (χ1v) is 3.78. The smallest absolute Gasteiger partial charge is 0.309 e. The Kier molecular flexibility index (Phi) is 7.08. The second-order valence-corrected chi connectivity index (χ2v) is 2.19. The van der Waals surface area contributed by atoms with E-state index < -0.39 is 0 Å². The van der Waals surface area contributed by atoms with E-state index in [2.05, 4.69) is 5.32 Å². The number of likely N-dealkylation sites (N-methyl/N-ethyl adjacent to an activating group) is 1. The van der Waals surface area contributed by atoms with Gasteiger partial charge >= 0.3 is 6.41 Å². The summed E-state index contributed by atoms with van der Waals surface area (Å²) in [5.74, 6) is 0. The first-order valence-electron chi connectivity index (χ1n) is 3.78. The molecule has 0 spiro atoms. The monoisotopic (exact) mass is 159 g/mol. The van der Waals surface area contributed by atoms with Crippen LogP contribution in [0.2, 0.25) is 0 Å². The van der Waals surface area contributed by atoms with Crippen LogP contribution in [0.25, 0.3) is 0 Å². The summed E-state index contributed by atoms with van der Waals surface area (Å²) in [4.78, 5) is 11.8. The van der Waals surface area contributed by atoms with Gasteiger partial charge in [0, 0.05) is 19.6 Å². The molecule has 0 heterocycles. The second kappa shape index (κ2) is 7.50. The molecule has 0 unspecified atom stereocenters. The molecule has 0 aliphatic carbocycles. The van der Waals surface area contributed by atoms with Crippen LogP contribution in [-0.4, -0.2) is 49.2 Å². The molecule has 4 heteroatoms. The Morgan fingerprint density at radius 1 is 1.55 bits per heavy atom. The van der Waals surface area contributed by atoms with E-state index in [1.807, 2.05) is 11.8 Å². The van der Waals surface area contributed by atoms with Gasteiger partial charge < -0.3 is 10.4 Å². The number of carbonyl (C=O) groups excluding carboxylic acids is 1. The molecule has 11 heavy (non-hydrogen) atoms. The van der Waals surface area contributed by atoms with E-state index in [4.69, 9.17) is 5.11 Å². The number of rotatable bonds is 7. The molecule has 0 saturated heterocycles. The lowest BCUT2D eigenvalue weighted by atomic mass is 10.4. The third kappa shape index (κ3) is 5.82. The standard InChI is InChI=1S/C7H15N2O2/c1-2-9(5-6-10)4-3-8-7-11/h10H,2-6H2,1H3,(H,8,11). The normalized spacial score (nSPS) is 10.1. The zero-order valence-electron chi connectivity index (χ0n) is 6.84. The van der Waals surface area contributed by atoms with Crippen molar-refractivity contribution < 1.29 is 9.90 Å². The van der Waals surface area contributed by atoms with Crippen molar-refractivity contribution in [1.29, 1.82) is 0 Å². The van der Waals surface area contributed by atoms with Crippen molar-refractivity contribution in [2.45, 2.75) is 6.92 Å². The van der Waals surface area contributed by atoms with E-state index in [0.29, 0.717) is 13.1 Å². The molecule has 2 N–H and O–H groups in total. The minimum Gasteiger partial charge on any atom is -0.395 e. The molecule has 0 bridgehead atoms. The number of hydrogen-bond donors (Lipinski definition) is 2. The van der Waals surface area contributed by atoms with Gasteiger partial charge in [0.2, 0.25) is 0 Å². The molecule has 0 rings (SSSR count). The lowest BCUT2D eigenvalue weighted by Crippen LogP contribution is -2.33. The molecule has 1 radical (unpaired) electrons. The van der Waals surface area contributed by atoms with Crippen molar-refractivity contribution in [2.75, 3.05) is 32.8 Å². The van der Waals surface area contributed by atoms with E-state index >= 15 is 0 Å². The highest BCUT2D eigenvalue weighted by molar-refractivity contribution is 5.46. The lowest BCUT2D eigenvalue weighted by Gasteiger charge is -2.17. The molecule has 1 amide bonds. The Balaban J connectivity index is 3.27. The summed E-state index contributed by atoms with van der Waals surface area (Å²) >= 11 is 0. The van der Waals surface area contributed by atoms with Crippen molar-refractivity contribution in [1.82, 2.24) is 10.2 Å². The number of aliphatic hydroxyl groups is 1. The van der Waals surface area contributed by atoms with Crippen molar-refractivity contribution >= 4 is 6.41 Å². The summed E-state index contributed by atoms with van der Waals surface area (Å²) in [7, 11) is 0. The quantitative estimate of drug-likeness (QED) is 0.368. The predicted molar refractivity (Wildman–Crippen MR) is 42.9 cm³/mol. The Bertz CT molecular complexity index is 98.4. The molecule has 0 fully saturated rings. The minimum atomic E-state index is 0.165. The molecular weight excluding hydrogens is 144 g/mol. The van der Waals surface area contributed by atoms with Gasteiger partial charge in [0.15, 0.2) is 0 Å². The molecule has 0 aromatic carbocycles. The maximum atomic E-state index is 9.73. The first-order chi connectivity index (χ1) is 5.35. The Labute approximate surface area is 67.2 Å². The fourth-order valence-electron chi connectivity index (χ4n) is 0.834. The molecule has 4 nitrogen and oxygen atoms in total. The third-order valence-electron chi connectivity index (χ3n) is 1.49. The highest BCUT2D eigenvalue weighted by atomic mass is 16.3. The average molecular weight is 159 g/mol. The van der Waals surface area contributed by atoms with Crippen LogP contribution < -0.4 is 5.32 Å². The average Bonchev–Trinajstić information content (AvgIpc) is 2.03. The van der Waals surface area contributed by atoms with E-state index in [0.717, 1.165) is 13.1 Å². The Morgan fingerprint density at radius 3 is 2.73 bits per heavy atom. The van der Waals surface area contributed by atoms with Gasteiger partial charge in [-0.1, -0.05) is 6.92 Å².